The van der Waals surface area contributed by atoms with Gasteiger partial charge in [-0.2, -0.15) is 0 Å². The molecule has 2 N–H and O–H groups in total. The fourth-order valence-electron chi connectivity index (χ4n) is 7.50. The molecule has 0 radical (unpaired) electrons. The number of aliphatic hydroxyl groups is 1. The van der Waals surface area contributed by atoms with Crippen LogP contribution in [0.3, 0.4) is 0 Å². The third-order valence-electron chi connectivity index (χ3n) is 10.7. The topological polar surface area (TPSA) is 78.9 Å². The standard InChI is InChI=1S/C34H43ClN2O4S/c1-21-7-13-31(38)28-11-8-26(28)18-37-19-34(15-5-6-24-16-27(35)10-12-29(24)34)20-41-32-14-9-25(17-30(32)37)33(39)36-42(4,40)23(3)22(21)2/h7,9-10,12-14,16-17,21-23,26,28,31,38H,4-6,8,11,15,18-20H2,1-3H3,(H,36,39,40)/b13-7+/t21-,22+,23-,26+,28-,31-,34+,42?/m1/s1. The Morgan fingerprint density at radius 3 is 2.71 bits per heavy atom. The third kappa shape index (κ3) is 5.37. The van der Waals surface area contributed by atoms with E-state index in [0.717, 1.165) is 61.7 Å². The molecule has 4 aliphatic rings. The lowest BCUT2D eigenvalue weighted by Crippen LogP contribution is -2.49. The number of amides is 1. The first kappa shape index (κ1) is 29.6. The molecular formula is C34H43ClN2O4S. The normalized spacial score (nSPS) is 37.4. The van der Waals surface area contributed by atoms with Gasteiger partial charge in [0.2, 0.25) is 0 Å². The van der Waals surface area contributed by atoms with Gasteiger partial charge in [-0.15, -0.1) is 0 Å². The molecule has 0 aromatic heterocycles. The summed E-state index contributed by atoms with van der Waals surface area (Å²) in [7, 11) is -2.94. The van der Waals surface area contributed by atoms with Gasteiger partial charge >= 0.3 is 0 Å². The smallest absolute Gasteiger partial charge is 0.262 e. The molecule has 8 atom stereocenters. The number of allylic oxidation sites excluding steroid dienone is 1. The zero-order chi connectivity index (χ0) is 29.8. The number of rotatable bonds is 0. The number of aryl methyl sites for hydroxylation is 1. The van der Waals surface area contributed by atoms with Crippen molar-refractivity contribution in [3.8, 4) is 5.75 Å². The van der Waals surface area contributed by atoms with Crippen molar-refractivity contribution < 1.29 is 18.8 Å². The van der Waals surface area contributed by atoms with Crippen molar-refractivity contribution >= 4 is 38.8 Å². The van der Waals surface area contributed by atoms with Crippen molar-refractivity contribution in [2.75, 3.05) is 24.6 Å². The zero-order valence-electron chi connectivity index (χ0n) is 24.9. The number of ether oxygens (including phenoxy) is 1. The number of nitrogens with zero attached hydrogens (tertiary/aromatic N) is 1. The van der Waals surface area contributed by atoms with E-state index in [1.165, 1.54) is 11.1 Å². The van der Waals surface area contributed by atoms with Gasteiger partial charge in [-0.05, 0) is 110 Å². The first-order valence-electron chi connectivity index (χ1n) is 15.3. The van der Waals surface area contributed by atoms with Crippen LogP contribution in [0.15, 0.2) is 48.6 Å². The quantitative estimate of drug-likeness (QED) is 0.292. The van der Waals surface area contributed by atoms with Gasteiger partial charge < -0.3 is 14.7 Å². The van der Waals surface area contributed by atoms with E-state index in [1.807, 2.05) is 44.2 Å². The highest BCUT2D eigenvalue weighted by atomic mass is 35.5. The van der Waals surface area contributed by atoms with Crippen molar-refractivity contribution in [2.24, 2.45) is 23.7 Å². The molecule has 2 aromatic rings. The second-order valence-corrected chi connectivity index (χ2v) is 16.1. The molecule has 226 valence electrons. The van der Waals surface area contributed by atoms with Crippen LogP contribution >= 0.6 is 11.6 Å². The summed E-state index contributed by atoms with van der Waals surface area (Å²) in [6.45, 7) is 8.02. The summed E-state index contributed by atoms with van der Waals surface area (Å²) >= 11 is 6.40. The van der Waals surface area contributed by atoms with E-state index in [1.54, 1.807) is 6.07 Å². The van der Waals surface area contributed by atoms with Crippen LogP contribution in [-0.4, -0.2) is 52.1 Å². The molecule has 1 saturated carbocycles. The van der Waals surface area contributed by atoms with Crippen molar-refractivity contribution in [3.05, 3.63) is 70.3 Å². The average molecular weight is 611 g/mol. The summed E-state index contributed by atoms with van der Waals surface area (Å²) in [4.78, 5) is 15.9. The Kier molecular flexibility index (Phi) is 7.90. The van der Waals surface area contributed by atoms with Crippen LogP contribution in [0.1, 0.15) is 67.9 Å². The molecule has 1 unspecified atom stereocenters. The number of aliphatic hydroxyl groups excluding tert-OH is 1. The second kappa shape index (κ2) is 11.2. The summed E-state index contributed by atoms with van der Waals surface area (Å²) in [6.07, 6.45) is 8.52. The highest BCUT2D eigenvalue weighted by Gasteiger charge is 2.44. The van der Waals surface area contributed by atoms with Gasteiger partial charge in [-0.3, -0.25) is 9.52 Å². The van der Waals surface area contributed by atoms with E-state index >= 15 is 0 Å². The molecule has 1 fully saturated rings. The van der Waals surface area contributed by atoms with Crippen LogP contribution in [0.25, 0.3) is 0 Å². The Bertz CT molecular complexity index is 1510. The van der Waals surface area contributed by atoms with Gasteiger partial charge in [-0.1, -0.05) is 43.7 Å². The molecule has 6 rings (SSSR count). The molecule has 8 heteroatoms. The molecule has 2 aliphatic carbocycles. The molecule has 2 aromatic carbocycles. The molecular weight excluding hydrogens is 568 g/mol. The van der Waals surface area contributed by atoms with Crippen molar-refractivity contribution in [1.29, 1.82) is 0 Å². The maximum absolute atomic E-state index is 13.7. The van der Waals surface area contributed by atoms with Gasteiger partial charge in [0.25, 0.3) is 5.91 Å². The molecule has 2 bridgehead atoms. The van der Waals surface area contributed by atoms with E-state index in [9.17, 15) is 14.1 Å². The highest BCUT2D eigenvalue weighted by molar-refractivity contribution is 7.99. The molecule has 6 nitrogen and oxygen atoms in total. The van der Waals surface area contributed by atoms with E-state index in [2.05, 4.69) is 34.5 Å². The molecule has 2 aliphatic heterocycles. The molecule has 1 amide bonds. The number of nitrogens with one attached hydrogen (secondary N) is 1. The summed E-state index contributed by atoms with van der Waals surface area (Å²) in [5, 5.41) is 11.7. The van der Waals surface area contributed by atoms with Crippen LogP contribution in [0.2, 0.25) is 5.02 Å². The summed E-state index contributed by atoms with van der Waals surface area (Å²) < 4.78 is 23.1. The van der Waals surface area contributed by atoms with E-state index in [4.69, 9.17) is 16.3 Å². The Morgan fingerprint density at radius 1 is 1.14 bits per heavy atom. The van der Waals surface area contributed by atoms with Crippen LogP contribution in [0.4, 0.5) is 5.69 Å². The minimum absolute atomic E-state index is 0.00998. The van der Waals surface area contributed by atoms with Gasteiger partial charge in [0, 0.05) is 34.3 Å². The number of halogens is 1. The fraction of sp³-hybridized carbons (Fsp3) is 0.529. The first-order valence-corrected chi connectivity index (χ1v) is 17.5. The van der Waals surface area contributed by atoms with Crippen LogP contribution in [-0.2, 0) is 21.5 Å². The van der Waals surface area contributed by atoms with Crippen molar-refractivity contribution in [2.45, 2.75) is 69.6 Å². The maximum atomic E-state index is 13.7. The number of carbonyl (C=O) groups excluding carboxylic acids is 1. The summed E-state index contributed by atoms with van der Waals surface area (Å²) in [6, 6.07) is 11.8. The predicted molar refractivity (Wildman–Crippen MR) is 172 cm³/mol. The van der Waals surface area contributed by atoms with Crippen LogP contribution in [0, 0.1) is 23.7 Å². The largest absolute Gasteiger partial charge is 0.490 e. The number of anilines is 1. The second-order valence-electron chi connectivity index (χ2n) is 13.2. The van der Waals surface area contributed by atoms with Gasteiger partial charge in [0.05, 0.1) is 28.1 Å². The lowest BCUT2D eigenvalue weighted by Gasteiger charge is -2.45. The minimum atomic E-state index is -2.94. The lowest BCUT2D eigenvalue weighted by molar-refractivity contribution is 0.0454. The summed E-state index contributed by atoms with van der Waals surface area (Å²) in [5.41, 5.74) is 3.66. The van der Waals surface area contributed by atoms with E-state index in [0.29, 0.717) is 18.1 Å². The SMILES string of the molecule is C=S1(=O)NC(=O)c2ccc3c(c2)N(C[C@@H]2CC[C@H]2[C@H](O)/C=C/[C@@H](C)[C@H](C)[C@H]1C)C[C@@]1(CCCc2cc(Cl)ccc21)CO3. The Hall–Kier alpha value is -2.48. The number of fused-ring (bicyclic) bond motifs is 4. The van der Waals surface area contributed by atoms with Crippen LogP contribution in [0.5, 0.6) is 5.75 Å². The fourth-order valence-corrected chi connectivity index (χ4v) is 9.25. The minimum Gasteiger partial charge on any atom is -0.490 e. The Labute approximate surface area is 255 Å². The lowest BCUT2D eigenvalue weighted by atomic mass is 9.68. The molecule has 2 heterocycles. The number of benzene rings is 2. The Morgan fingerprint density at radius 2 is 1.95 bits per heavy atom. The van der Waals surface area contributed by atoms with Gasteiger partial charge in [0.15, 0.2) is 0 Å². The number of hydrogen-bond acceptors (Lipinski definition) is 5. The average Bonchev–Trinajstić information content (AvgIpc) is 3.09. The number of carbonyl (C=O) groups is 1. The first-order chi connectivity index (χ1) is 20.0. The third-order valence-corrected chi connectivity index (χ3v) is 13.1. The Balaban J connectivity index is 1.43. The van der Waals surface area contributed by atoms with Crippen molar-refractivity contribution in [3.63, 3.8) is 0 Å². The highest BCUT2D eigenvalue weighted by Crippen LogP contribution is 2.46. The van der Waals surface area contributed by atoms with Gasteiger partial charge in [-0.25, -0.2) is 4.21 Å². The van der Waals surface area contributed by atoms with E-state index in [-0.39, 0.29) is 34.3 Å². The van der Waals surface area contributed by atoms with Crippen LogP contribution < -0.4 is 14.4 Å². The van der Waals surface area contributed by atoms with Crippen molar-refractivity contribution in [1.82, 2.24) is 4.72 Å². The number of hydrogen-bond donors (Lipinski definition) is 2. The molecule has 0 saturated heterocycles. The van der Waals surface area contributed by atoms with E-state index < -0.39 is 15.8 Å². The zero-order valence-corrected chi connectivity index (χ0v) is 26.4. The maximum Gasteiger partial charge on any atom is 0.262 e. The molecule has 42 heavy (non-hydrogen) atoms. The summed E-state index contributed by atoms with van der Waals surface area (Å²) in [5.74, 6) is 4.86. The van der Waals surface area contributed by atoms with Gasteiger partial charge in [0.1, 0.15) is 5.75 Å². The molecule has 1 spiro atoms. The monoisotopic (exact) mass is 610 g/mol. The predicted octanol–water partition coefficient (Wildman–Crippen LogP) is 5.79.